The molecule has 0 spiro atoms. The van der Waals surface area contributed by atoms with Gasteiger partial charge in [-0.1, -0.05) is 0 Å². The zero-order valence-corrected chi connectivity index (χ0v) is 10.8. The highest BCUT2D eigenvalue weighted by Gasteiger charge is 2.60. The van der Waals surface area contributed by atoms with E-state index in [9.17, 15) is 27.2 Å². The fourth-order valence-corrected chi connectivity index (χ4v) is 2.83. The van der Waals surface area contributed by atoms with Gasteiger partial charge in [0.2, 0.25) is 5.91 Å². The summed E-state index contributed by atoms with van der Waals surface area (Å²) in [6, 6.07) is -1.21. The molecule has 0 bridgehead atoms. The van der Waals surface area contributed by atoms with E-state index in [0.29, 0.717) is 0 Å². The first kappa shape index (κ1) is 15.1. The van der Waals surface area contributed by atoms with Crippen LogP contribution < -0.4 is 0 Å². The summed E-state index contributed by atoms with van der Waals surface area (Å²) in [7, 11) is 1.07. The number of amides is 1. The van der Waals surface area contributed by atoms with Gasteiger partial charge in [-0.05, 0) is 12.8 Å². The van der Waals surface area contributed by atoms with E-state index in [-0.39, 0.29) is 6.42 Å². The molecule has 0 aromatic heterocycles. The van der Waals surface area contributed by atoms with Crippen LogP contribution in [-0.2, 0) is 14.3 Å². The van der Waals surface area contributed by atoms with Crippen LogP contribution in [0.5, 0.6) is 0 Å². The Morgan fingerprint density at radius 3 is 2.30 bits per heavy atom. The van der Waals surface area contributed by atoms with Crippen molar-refractivity contribution in [3.63, 3.8) is 0 Å². The number of likely N-dealkylation sites (tertiary alicyclic amines) is 1. The number of methoxy groups -OCH3 is 1. The van der Waals surface area contributed by atoms with Crippen LogP contribution in [0.15, 0.2) is 0 Å². The zero-order valence-electron chi connectivity index (χ0n) is 10.8. The van der Waals surface area contributed by atoms with E-state index in [1.54, 1.807) is 0 Å². The van der Waals surface area contributed by atoms with E-state index in [1.165, 1.54) is 0 Å². The van der Waals surface area contributed by atoms with E-state index in [0.717, 1.165) is 12.0 Å². The van der Waals surface area contributed by atoms with Crippen LogP contribution in [0.2, 0.25) is 0 Å². The van der Waals surface area contributed by atoms with Crippen molar-refractivity contribution < 1.29 is 31.9 Å². The van der Waals surface area contributed by atoms with Gasteiger partial charge in [0.05, 0.1) is 13.7 Å². The predicted octanol–water partition coefficient (Wildman–Crippen LogP) is 1.48. The van der Waals surface area contributed by atoms with Gasteiger partial charge in [0, 0.05) is 6.42 Å². The molecular formula is C12H15F4NO3. The highest BCUT2D eigenvalue weighted by Crippen LogP contribution is 2.49. The number of carbonyl (C=O) groups excluding carboxylic acids is 2. The monoisotopic (exact) mass is 297 g/mol. The number of nitrogens with zero attached hydrogens (tertiary/aromatic N) is 1. The summed E-state index contributed by atoms with van der Waals surface area (Å²) in [6.45, 7) is -0.440. The minimum atomic E-state index is -3.04. The lowest BCUT2D eigenvalue weighted by Gasteiger charge is -2.44. The van der Waals surface area contributed by atoms with Gasteiger partial charge in [0.15, 0.2) is 0 Å². The second kappa shape index (κ2) is 5.21. The predicted molar refractivity (Wildman–Crippen MR) is 59.6 cm³/mol. The number of ether oxygens (including phenoxy) is 1. The molecule has 8 heteroatoms. The maximum absolute atomic E-state index is 13.4. The quantitative estimate of drug-likeness (QED) is 0.585. The Balaban J connectivity index is 2.20. The Kier molecular flexibility index (Phi) is 3.93. The fraction of sp³-hybridized carbons (Fsp3) is 0.833. The second-order valence-electron chi connectivity index (χ2n) is 5.29. The Hall–Kier alpha value is -1.34. The third-order valence-electron chi connectivity index (χ3n) is 4.00. The fourth-order valence-electron chi connectivity index (χ4n) is 2.83. The Labute approximate surface area is 113 Å². The molecule has 0 unspecified atom stereocenters. The standard InChI is InChI=1S/C12H15F4NO3/c1-20-9(18)8-2-6(13)5-17(8)11(19)12(10(15)16)3-7(14)4-12/h6-8,10H,2-5H2,1H3/t6-,7?,8+,12?/m1/s1. The number of alkyl halides is 4. The van der Waals surface area contributed by atoms with Gasteiger partial charge in [0.1, 0.15) is 23.8 Å². The first-order valence-electron chi connectivity index (χ1n) is 6.27. The summed E-state index contributed by atoms with van der Waals surface area (Å²) >= 11 is 0. The van der Waals surface area contributed by atoms with Crippen LogP contribution in [-0.4, -0.2) is 55.2 Å². The third kappa shape index (κ3) is 2.25. The van der Waals surface area contributed by atoms with Gasteiger partial charge in [-0.25, -0.2) is 22.4 Å². The topological polar surface area (TPSA) is 46.6 Å². The average molecular weight is 297 g/mol. The van der Waals surface area contributed by atoms with Crippen LogP contribution >= 0.6 is 0 Å². The molecule has 1 aliphatic heterocycles. The second-order valence-corrected chi connectivity index (χ2v) is 5.29. The number of hydrogen-bond acceptors (Lipinski definition) is 3. The van der Waals surface area contributed by atoms with Crippen molar-refractivity contribution in [3.8, 4) is 0 Å². The molecular weight excluding hydrogens is 282 g/mol. The van der Waals surface area contributed by atoms with E-state index in [1.807, 2.05) is 0 Å². The lowest BCUT2D eigenvalue weighted by Crippen LogP contribution is -2.58. The van der Waals surface area contributed by atoms with Gasteiger partial charge in [-0.15, -0.1) is 0 Å². The van der Waals surface area contributed by atoms with Crippen molar-refractivity contribution >= 4 is 11.9 Å². The minimum Gasteiger partial charge on any atom is -0.467 e. The van der Waals surface area contributed by atoms with E-state index in [2.05, 4.69) is 4.74 Å². The van der Waals surface area contributed by atoms with Gasteiger partial charge >= 0.3 is 5.97 Å². The van der Waals surface area contributed by atoms with Crippen molar-refractivity contribution in [2.24, 2.45) is 5.41 Å². The molecule has 1 aliphatic carbocycles. The summed E-state index contributed by atoms with van der Waals surface area (Å²) in [5.41, 5.74) is -2.13. The molecule has 1 amide bonds. The van der Waals surface area contributed by atoms with Crippen LogP contribution in [0, 0.1) is 5.41 Å². The number of hydrogen-bond donors (Lipinski definition) is 0. The van der Waals surface area contributed by atoms with E-state index in [4.69, 9.17) is 0 Å². The van der Waals surface area contributed by atoms with Crippen molar-refractivity contribution in [3.05, 3.63) is 0 Å². The molecule has 0 radical (unpaired) electrons. The summed E-state index contributed by atoms with van der Waals surface area (Å²) in [5.74, 6) is -1.91. The van der Waals surface area contributed by atoms with Crippen LogP contribution in [0.25, 0.3) is 0 Å². The normalized spacial score (nSPS) is 36.9. The smallest absolute Gasteiger partial charge is 0.328 e. The highest BCUT2D eigenvalue weighted by molar-refractivity contribution is 5.90. The van der Waals surface area contributed by atoms with E-state index < -0.39 is 61.5 Å². The lowest BCUT2D eigenvalue weighted by molar-refractivity contribution is -0.175. The summed E-state index contributed by atoms with van der Waals surface area (Å²) < 4.78 is 57.0. The van der Waals surface area contributed by atoms with Gasteiger partial charge in [-0.3, -0.25) is 4.79 Å². The molecule has 2 atom stereocenters. The zero-order chi connectivity index (χ0) is 15.1. The molecule has 114 valence electrons. The summed E-state index contributed by atoms with van der Waals surface area (Å²) in [5, 5.41) is 0. The van der Waals surface area contributed by atoms with Crippen molar-refractivity contribution in [2.45, 2.75) is 44.1 Å². The van der Waals surface area contributed by atoms with Crippen molar-refractivity contribution in [1.82, 2.24) is 4.90 Å². The van der Waals surface area contributed by atoms with E-state index >= 15 is 0 Å². The Bertz CT molecular complexity index is 412. The summed E-state index contributed by atoms with van der Waals surface area (Å²) in [4.78, 5) is 24.5. The molecule has 1 saturated carbocycles. The number of rotatable bonds is 3. The largest absolute Gasteiger partial charge is 0.467 e. The number of esters is 1. The molecule has 20 heavy (non-hydrogen) atoms. The molecule has 2 rings (SSSR count). The molecule has 0 aromatic carbocycles. The molecule has 2 aliphatic rings. The molecule has 2 fully saturated rings. The minimum absolute atomic E-state index is 0.281. The molecule has 0 aromatic rings. The SMILES string of the molecule is COC(=O)[C@@H]1C[C@@H](F)CN1C(=O)C1(C(F)F)CC(F)C1. The van der Waals surface area contributed by atoms with Gasteiger partial charge in [-0.2, -0.15) is 0 Å². The van der Waals surface area contributed by atoms with Gasteiger partial charge in [0.25, 0.3) is 6.43 Å². The Morgan fingerprint density at radius 2 is 1.85 bits per heavy atom. The maximum atomic E-state index is 13.4. The first-order chi connectivity index (χ1) is 9.31. The highest BCUT2D eigenvalue weighted by atomic mass is 19.3. The van der Waals surface area contributed by atoms with Crippen LogP contribution in [0.3, 0.4) is 0 Å². The van der Waals surface area contributed by atoms with Crippen LogP contribution in [0.4, 0.5) is 17.6 Å². The van der Waals surface area contributed by atoms with Crippen molar-refractivity contribution in [1.29, 1.82) is 0 Å². The van der Waals surface area contributed by atoms with Crippen LogP contribution in [0.1, 0.15) is 19.3 Å². The molecule has 1 saturated heterocycles. The van der Waals surface area contributed by atoms with Crippen molar-refractivity contribution in [2.75, 3.05) is 13.7 Å². The average Bonchev–Trinajstić information content (AvgIpc) is 2.74. The summed E-state index contributed by atoms with van der Waals surface area (Å²) in [6.07, 6.45) is -7.45. The third-order valence-corrected chi connectivity index (χ3v) is 4.00. The molecule has 1 heterocycles. The molecule has 0 N–H and O–H groups in total. The van der Waals surface area contributed by atoms with Gasteiger partial charge < -0.3 is 9.64 Å². The maximum Gasteiger partial charge on any atom is 0.328 e. The lowest BCUT2D eigenvalue weighted by atomic mass is 9.66. The Morgan fingerprint density at radius 1 is 1.25 bits per heavy atom. The first-order valence-corrected chi connectivity index (χ1v) is 6.27. The number of halogens is 4. The number of carbonyl (C=O) groups is 2. The molecule has 4 nitrogen and oxygen atoms in total.